The maximum atomic E-state index is 12.3. The summed E-state index contributed by atoms with van der Waals surface area (Å²) < 4.78 is 30.5. The zero-order chi connectivity index (χ0) is 14.8. The fraction of sp³-hybridized carbons (Fsp3) is 0.615. The Balaban J connectivity index is 2.03. The second-order valence-corrected chi connectivity index (χ2v) is 6.88. The SMILES string of the molecule is CCc1ccc(C(=O)N2CCCC(NS(C)(=O)=O)C2)o1. The van der Waals surface area contributed by atoms with Crippen LogP contribution in [0.3, 0.4) is 0 Å². The Labute approximate surface area is 119 Å². The average Bonchev–Trinajstić information content (AvgIpc) is 2.85. The Morgan fingerprint density at radius 3 is 2.85 bits per heavy atom. The largest absolute Gasteiger partial charge is 0.456 e. The Morgan fingerprint density at radius 1 is 1.50 bits per heavy atom. The van der Waals surface area contributed by atoms with Gasteiger partial charge in [-0.05, 0) is 25.0 Å². The highest BCUT2D eigenvalue weighted by atomic mass is 32.2. The van der Waals surface area contributed by atoms with E-state index in [1.165, 1.54) is 0 Å². The number of carbonyl (C=O) groups is 1. The van der Waals surface area contributed by atoms with Gasteiger partial charge in [0.2, 0.25) is 10.0 Å². The molecule has 1 aromatic rings. The number of carbonyl (C=O) groups excluding carboxylic acids is 1. The number of furan rings is 1. The van der Waals surface area contributed by atoms with E-state index in [9.17, 15) is 13.2 Å². The molecule has 0 spiro atoms. The number of rotatable bonds is 4. The van der Waals surface area contributed by atoms with Gasteiger partial charge in [-0.3, -0.25) is 4.79 Å². The van der Waals surface area contributed by atoms with Gasteiger partial charge in [0.25, 0.3) is 5.91 Å². The second-order valence-electron chi connectivity index (χ2n) is 5.10. The number of nitrogens with one attached hydrogen (secondary N) is 1. The average molecular weight is 300 g/mol. The molecule has 112 valence electrons. The molecule has 1 aliphatic heterocycles. The van der Waals surface area contributed by atoms with E-state index >= 15 is 0 Å². The summed E-state index contributed by atoms with van der Waals surface area (Å²) in [5.74, 6) is 0.919. The van der Waals surface area contributed by atoms with Crippen molar-refractivity contribution < 1.29 is 17.6 Å². The third kappa shape index (κ3) is 3.83. The molecule has 2 heterocycles. The maximum absolute atomic E-state index is 12.3. The van der Waals surface area contributed by atoms with Crippen molar-refractivity contribution in [3.8, 4) is 0 Å². The molecule has 1 atom stereocenters. The number of nitrogens with zero attached hydrogens (tertiary/aromatic N) is 1. The van der Waals surface area contributed by atoms with Crippen molar-refractivity contribution in [3.63, 3.8) is 0 Å². The lowest BCUT2D eigenvalue weighted by Gasteiger charge is -2.32. The molecule has 1 saturated heterocycles. The van der Waals surface area contributed by atoms with Crippen LogP contribution in [0, 0.1) is 0 Å². The lowest BCUT2D eigenvalue weighted by atomic mass is 10.1. The third-order valence-corrected chi connectivity index (χ3v) is 4.07. The van der Waals surface area contributed by atoms with Gasteiger partial charge in [0.05, 0.1) is 6.26 Å². The summed E-state index contributed by atoms with van der Waals surface area (Å²) >= 11 is 0. The number of sulfonamides is 1. The number of aryl methyl sites for hydroxylation is 1. The van der Waals surface area contributed by atoms with Gasteiger partial charge in [-0.2, -0.15) is 0 Å². The van der Waals surface area contributed by atoms with Gasteiger partial charge < -0.3 is 9.32 Å². The first kappa shape index (κ1) is 15.1. The highest BCUT2D eigenvalue weighted by Gasteiger charge is 2.27. The first-order valence-electron chi connectivity index (χ1n) is 6.74. The Kier molecular flexibility index (Phi) is 4.49. The van der Waals surface area contributed by atoms with Gasteiger partial charge >= 0.3 is 0 Å². The Bertz CT molecular complexity index is 579. The van der Waals surface area contributed by atoms with Crippen molar-refractivity contribution in [2.75, 3.05) is 19.3 Å². The number of piperidine rings is 1. The van der Waals surface area contributed by atoms with Crippen LogP contribution in [0.5, 0.6) is 0 Å². The van der Waals surface area contributed by atoms with Crippen LogP contribution in [0.25, 0.3) is 0 Å². The summed E-state index contributed by atoms with van der Waals surface area (Å²) in [6.07, 6.45) is 3.40. The maximum Gasteiger partial charge on any atom is 0.289 e. The molecule has 0 aliphatic carbocycles. The van der Waals surface area contributed by atoms with E-state index in [4.69, 9.17) is 4.42 Å². The first-order valence-corrected chi connectivity index (χ1v) is 8.63. The molecule has 1 amide bonds. The third-order valence-electron chi connectivity index (χ3n) is 3.31. The van der Waals surface area contributed by atoms with E-state index in [0.717, 1.165) is 31.3 Å². The standard InChI is InChI=1S/C13H20N2O4S/c1-3-11-6-7-12(19-11)13(16)15-8-4-5-10(9-15)14-20(2,17)18/h6-7,10,14H,3-5,8-9H2,1-2H3. The van der Waals surface area contributed by atoms with Crippen molar-refractivity contribution in [1.29, 1.82) is 0 Å². The lowest BCUT2D eigenvalue weighted by molar-refractivity contribution is 0.0669. The van der Waals surface area contributed by atoms with E-state index in [1.807, 2.05) is 6.92 Å². The van der Waals surface area contributed by atoms with Gasteiger partial charge in [0.1, 0.15) is 5.76 Å². The van der Waals surface area contributed by atoms with Gasteiger partial charge in [0, 0.05) is 25.6 Å². The first-order chi connectivity index (χ1) is 9.39. The molecule has 1 unspecified atom stereocenters. The summed E-state index contributed by atoms with van der Waals surface area (Å²) in [6, 6.07) is 3.25. The van der Waals surface area contributed by atoms with Gasteiger partial charge in [0.15, 0.2) is 5.76 Å². The topological polar surface area (TPSA) is 79.6 Å². The van der Waals surface area contributed by atoms with Crippen LogP contribution in [-0.2, 0) is 16.4 Å². The lowest BCUT2D eigenvalue weighted by Crippen LogP contribution is -2.49. The highest BCUT2D eigenvalue weighted by Crippen LogP contribution is 2.16. The molecule has 0 aromatic carbocycles. The number of likely N-dealkylation sites (tertiary alicyclic amines) is 1. The zero-order valence-corrected chi connectivity index (χ0v) is 12.6. The predicted octanol–water partition coefficient (Wildman–Crippen LogP) is 0.996. The van der Waals surface area contributed by atoms with Crippen LogP contribution in [0.2, 0.25) is 0 Å². The van der Waals surface area contributed by atoms with Crippen molar-refractivity contribution in [2.24, 2.45) is 0 Å². The van der Waals surface area contributed by atoms with Crippen molar-refractivity contribution in [2.45, 2.75) is 32.2 Å². The minimum atomic E-state index is -3.25. The highest BCUT2D eigenvalue weighted by molar-refractivity contribution is 7.88. The Morgan fingerprint density at radius 2 is 2.25 bits per heavy atom. The zero-order valence-electron chi connectivity index (χ0n) is 11.8. The number of hydrogen-bond acceptors (Lipinski definition) is 4. The molecule has 0 bridgehead atoms. The molecule has 0 radical (unpaired) electrons. The minimum absolute atomic E-state index is 0.176. The van der Waals surface area contributed by atoms with Crippen molar-refractivity contribution in [1.82, 2.24) is 9.62 Å². The molecule has 1 N–H and O–H groups in total. The van der Waals surface area contributed by atoms with Gasteiger partial charge in [-0.15, -0.1) is 0 Å². The normalized spacial score (nSPS) is 20.1. The monoisotopic (exact) mass is 300 g/mol. The smallest absolute Gasteiger partial charge is 0.289 e. The fourth-order valence-electron chi connectivity index (χ4n) is 2.40. The fourth-order valence-corrected chi connectivity index (χ4v) is 3.20. The van der Waals surface area contributed by atoms with Crippen LogP contribution < -0.4 is 4.72 Å². The van der Waals surface area contributed by atoms with Crippen LogP contribution >= 0.6 is 0 Å². The minimum Gasteiger partial charge on any atom is -0.456 e. The molecule has 1 aromatic heterocycles. The molecule has 1 fully saturated rings. The number of hydrogen-bond donors (Lipinski definition) is 1. The molecule has 20 heavy (non-hydrogen) atoms. The molecule has 2 rings (SSSR count). The van der Waals surface area contributed by atoms with E-state index in [1.54, 1.807) is 17.0 Å². The molecule has 0 saturated carbocycles. The Hall–Kier alpha value is -1.34. The van der Waals surface area contributed by atoms with Gasteiger partial charge in [-0.1, -0.05) is 6.92 Å². The molecular weight excluding hydrogens is 280 g/mol. The van der Waals surface area contributed by atoms with Crippen LogP contribution in [0.4, 0.5) is 0 Å². The van der Waals surface area contributed by atoms with Crippen LogP contribution in [0.15, 0.2) is 16.5 Å². The van der Waals surface area contributed by atoms with Crippen LogP contribution in [-0.4, -0.2) is 44.6 Å². The van der Waals surface area contributed by atoms with E-state index in [-0.39, 0.29) is 11.9 Å². The summed E-state index contributed by atoms with van der Waals surface area (Å²) in [7, 11) is -3.25. The van der Waals surface area contributed by atoms with Crippen LogP contribution in [0.1, 0.15) is 36.1 Å². The van der Waals surface area contributed by atoms with E-state index in [2.05, 4.69) is 4.72 Å². The predicted molar refractivity (Wildman–Crippen MR) is 75.0 cm³/mol. The summed E-state index contributed by atoms with van der Waals surface area (Å²) in [5, 5.41) is 0. The molecule has 1 aliphatic rings. The summed E-state index contributed by atoms with van der Waals surface area (Å²) in [6.45, 7) is 2.97. The second kappa shape index (κ2) is 5.97. The summed E-state index contributed by atoms with van der Waals surface area (Å²) in [4.78, 5) is 13.9. The van der Waals surface area contributed by atoms with Crippen molar-refractivity contribution in [3.05, 3.63) is 23.7 Å². The molecule has 6 nitrogen and oxygen atoms in total. The quantitative estimate of drug-likeness (QED) is 0.899. The molecular formula is C13H20N2O4S. The summed E-state index contributed by atoms with van der Waals surface area (Å²) in [5.41, 5.74) is 0. The number of amides is 1. The van der Waals surface area contributed by atoms with Gasteiger partial charge in [-0.25, -0.2) is 13.1 Å². The van der Waals surface area contributed by atoms with Crippen molar-refractivity contribution >= 4 is 15.9 Å². The van der Waals surface area contributed by atoms with E-state index < -0.39 is 10.0 Å². The molecule has 7 heteroatoms. The van der Waals surface area contributed by atoms with E-state index in [0.29, 0.717) is 18.8 Å².